The highest BCUT2D eigenvalue weighted by molar-refractivity contribution is 8.00. The Bertz CT molecular complexity index is 553. The summed E-state index contributed by atoms with van der Waals surface area (Å²) in [5.74, 6) is 1.95. The molecule has 2 rings (SSSR count). The second-order valence-corrected chi connectivity index (χ2v) is 8.23. The molecule has 1 unspecified atom stereocenters. The summed E-state index contributed by atoms with van der Waals surface area (Å²) in [4.78, 5) is 18.0. The average Bonchev–Trinajstić information content (AvgIpc) is 3.01. The molecule has 6 heteroatoms. The quantitative estimate of drug-likeness (QED) is 0.611. The molecule has 1 amide bonds. The molecule has 2 N–H and O–H groups in total. The van der Waals surface area contributed by atoms with Gasteiger partial charge in [0.2, 0.25) is 5.91 Å². The lowest BCUT2D eigenvalue weighted by atomic mass is 10.1. The maximum atomic E-state index is 11.8. The monoisotopic (exact) mass is 348 g/mol. The number of carbonyl (C=O) groups excluding carboxylic acids is 1. The molecule has 1 aliphatic rings. The van der Waals surface area contributed by atoms with Crippen LogP contribution in [0.2, 0.25) is 0 Å². The zero-order valence-electron chi connectivity index (χ0n) is 14.8. The SMILES string of the molecule is CN(C)C(=O)CNC(=NCc1ccccc1)NCC1(C)CCCS1. The van der Waals surface area contributed by atoms with E-state index in [9.17, 15) is 4.79 Å². The zero-order chi connectivity index (χ0) is 17.4. The van der Waals surface area contributed by atoms with Crippen LogP contribution in [0.4, 0.5) is 0 Å². The molecule has 0 spiro atoms. The number of nitrogens with zero attached hydrogens (tertiary/aromatic N) is 2. The van der Waals surface area contributed by atoms with Gasteiger partial charge in [-0.3, -0.25) is 4.79 Å². The van der Waals surface area contributed by atoms with E-state index >= 15 is 0 Å². The molecule has 132 valence electrons. The van der Waals surface area contributed by atoms with Gasteiger partial charge >= 0.3 is 0 Å². The maximum absolute atomic E-state index is 11.8. The van der Waals surface area contributed by atoms with Crippen molar-refractivity contribution in [3.8, 4) is 0 Å². The summed E-state index contributed by atoms with van der Waals surface area (Å²) in [6.07, 6.45) is 2.49. The third kappa shape index (κ3) is 6.07. The molecule has 1 atom stereocenters. The predicted octanol–water partition coefficient (Wildman–Crippen LogP) is 2.10. The Balaban J connectivity index is 1.95. The Morgan fingerprint density at radius 1 is 1.29 bits per heavy atom. The van der Waals surface area contributed by atoms with Crippen molar-refractivity contribution in [1.82, 2.24) is 15.5 Å². The molecule has 1 aromatic rings. The number of aliphatic imine (C=N–C) groups is 1. The van der Waals surface area contributed by atoms with Gasteiger partial charge in [0.25, 0.3) is 0 Å². The summed E-state index contributed by atoms with van der Waals surface area (Å²) >= 11 is 2.01. The van der Waals surface area contributed by atoms with Crippen LogP contribution < -0.4 is 10.6 Å². The Labute approximate surface area is 149 Å². The van der Waals surface area contributed by atoms with Crippen molar-refractivity contribution < 1.29 is 4.79 Å². The van der Waals surface area contributed by atoms with Crippen LogP contribution in [0, 0.1) is 0 Å². The summed E-state index contributed by atoms with van der Waals surface area (Å²) in [6, 6.07) is 10.1. The van der Waals surface area contributed by atoms with Crippen molar-refractivity contribution >= 4 is 23.6 Å². The summed E-state index contributed by atoms with van der Waals surface area (Å²) in [6.45, 7) is 3.99. The molecule has 1 fully saturated rings. The minimum Gasteiger partial charge on any atom is -0.355 e. The third-order valence-corrected chi connectivity index (χ3v) is 5.64. The van der Waals surface area contributed by atoms with Crippen LogP contribution in [0.3, 0.4) is 0 Å². The number of benzene rings is 1. The van der Waals surface area contributed by atoms with Gasteiger partial charge in [-0.15, -0.1) is 0 Å². The first-order valence-electron chi connectivity index (χ1n) is 8.39. The second kappa shape index (κ2) is 8.97. The first-order valence-corrected chi connectivity index (χ1v) is 9.37. The fourth-order valence-corrected chi connectivity index (χ4v) is 3.74. The number of likely N-dealkylation sites (N-methyl/N-ethyl adjacent to an activating group) is 1. The standard InChI is InChI=1S/C18H28N4OS/c1-18(10-7-11-24-18)14-21-17(20-13-16(23)22(2)3)19-12-15-8-5-4-6-9-15/h4-6,8-9H,7,10-14H2,1-3H3,(H2,19,20,21). The number of guanidine groups is 1. The highest BCUT2D eigenvalue weighted by Crippen LogP contribution is 2.36. The van der Waals surface area contributed by atoms with Gasteiger partial charge in [-0.05, 0) is 31.1 Å². The van der Waals surface area contributed by atoms with Gasteiger partial charge in [0, 0.05) is 25.4 Å². The first kappa shape index (κ1) is 18.6. The van der Waals surface area contributed by atoms with E-state index in [2.05, 4.69) is 34.7 Å². The van der Waals surface area contributed by atoms with E-state index in [4.69, 9.17) is 0 Å². The number of carbonyl (C=O) groups is 1. The molecule has 0 aromatic heterocycles. The summed E-state index contributed by atoms with van der Waals surface area (Å²) in [7, 11) is 3.52. The zero-order valence-corrected chi connectivity index (χ0v) is 15.7. The van der Waals surface area contributed by atoms with Gasteiger partial charge in [0.15, 0.2) is 5.96 Å². The fraction of sp³-hybridized carbons (Fsp3) is 0.556. The van der Waals surface area contributed by atoms with Crippen LogP contribution in [0.1, 0.15) is 25.3 Å². The Morgan fingerprint density at radius 3 is 2.67 bits per heavy atom. The van der Waals surface area contributed by atoms with E-state index < -0.39 is 0 Å². The number of hydrogen-bond donors (Lipinski definition) is 2. The smallest absolute Gasteiger partial charge is 0.241 e. The largest absolute Gasteiger partial charge is 0.355 e. The van der Waals surface area contributed by atoms with Crippen LogP contribution in [0.5, 0.6) is 0 Å². The van der Waals surface area contributed by atoms with Crippen molar-refractivity contribution in [2.45, 2.75) is 31.1 Å². The summed E-state index contributed by atoms with van der Waals surface area (Å²) < 4.78 is 0.251. The highest BCUT2D eigenvalue weighted by atomic mass is 32.2. The van der Waals surface area contributed by atoms with E-state index in [0.717, 1.165) is 12.1 Å². The molecule has 0 saturated carbocycles. The van der Waals surface area contributed by atoms with Gasteiger partial charge in [0.1, 0.15) is 0 Å². The molecule has 1 aromatic carbocycles. The minimum atomic E-state index is 0.0330. The number of hydrogen-bond acceptors (Lipinski definition) is 3. The van der Waals surface area contributed by atoms with Gasteiger partial charge in [-0.25, -0.2) is 4.99 Å². The second-order valence-electron chi connectivity index (χ2n) is 6.55. The molecule has 0 aliphatic carbocycles. The van der Waals surface area contributed by atoms with Crippen molar-refractivity contribution in [2.75, 3.05) is 32.9 Å². The lowest BCUT2D eigenvalue weighted by molar-refractivity contribution is -0.127. The summed E-state index contributed by atoms with van der Waals surface area (Å²) in [5.41, 5.74) is 1.15. The molecular weight excluding hydrogens is 320 g/mol. The first-order chi connectivity index (χ1) is 11.5. The molecular formula is C18H28N4OS. The minimum absolute atomic E-state index is 0.0330. The number of thioether (sulfide) groups is 1. The van der Waals surface area contributed by atoms with E-state index in [-0.39, 0.29) is 17.2 Å². The van der Waals surface area contributed by atoms with Gasteiger partial charge in [0.05, 0.1) is 13.1 Å². The number of amides is 1. The van der Waals surface area contributed by atoms with E-state index in [1.165, 1.54) is 18.6 Å². The number of nitrogens with one attached hydrogen (secondary N) is 2. The van der Waals surface area contributed by atoms with E-state index in [0.29, 0.717) is 12.5 Å². The Kier molecular flexibility index (Phi) is 6.97. The predicted molar refractivity (Wildman–Crippen MR) is 102 cm³/mol. The lowest BCUT2D eigenvalue weighted by Gasteiger charge is -2.24. The third-order valence-electron chi connectivity index (χ3n) is 4.10. The molecule has 0 bridgehead atoms. The molecule has 1 aliphatic heterocycles. The average molecular weight is 349 g/mol. The van der Waals surface area contributed by atoms with Crippen molar-refractivity contribution in [1.29, 1.82) is 0 Å². The molecule has 1 saturated heterocycles. The number of rotatable bonds is 6. The van der Waals surface area contributed by atoms with E-state index in [1.807, 2.05) is 30.0 Å². The topological polar surface area (TPSA) is 56.7 Å². The Morgan fingerprint density at radius 2 is 2.04 bits per heavy atom. The lowest BCUT2D eigenvalue weighted by Crippen LogP contribution is -2.46. The van der Waals surface area contributed by atoms with Gasteiger partial charge in [-0.1, -0.05) is 30.3 Å². The fourth-order valence-electron chi connectivity index (χ4n) is 2.49. The van der Waals surface area contributed by atoms with Gasteiger partial charge in [-0.2, -0.15) is 11.8 Å². The van der Waals surface area contributed by atoms with Crippen molar-refractivity contribution in [2.24, 2.45) is 4.99 Å². The van der Waals surface area contributed by atoms with Crippen LogP contribution in [-0.4, -0.2) is 54.5 Å². The van der Waals surface area contributed by atoms with Gasteiger partial charge < -0.3 is 15.5 Å². The maximum Gasteiger partial charge on any atom is 0.241 e. The normalized spacial score (nSPS) is 20.7. The van der Waals surface area contributed by atoms with Crippen molar-refractivity contribution in [3.05, 3.63) is 35.9 Å². The van der Waals surface area contributed by atoms with Crippen molar-refractivity contribution in [3.63, 3.8) is 0 Å². The molecule has 24 heavy (non-hydrogen) atoms. The molecule has 5 nitrogen and oxygen atoms in total. The Hall–Kier alpha value is -1.69. The molecule has 0 radical (unpaired) electrons. The van der Waals surface area contributed by atoms with E-state index in [1.54, 1.807) is 19.0 Å². The highest BCUT2D eigenvalue weighted by Gasteiger charge is 2.29. The van der Waals surface area contributed by atoms with Crippen LogP contribution in [-0.2, 0) is 11.3 Å². The van der Waals surface area contributed by atoms with Crippen LogP contribution >= 0.6 is 11.8 Å². The van der Waals surface area contributed by atoms with Crippen LogP contribution in [0.25, 0.3) is 0 Å². The summed E-state index contributed by atoms with van der Waals surface area (Å²) in [5, 5.41) is 6.56. The van der Waals surface area contributed by atoms with Crippen LogP contribution in [0.15, 0.2) is 35.3 Å². The molecule has 1 heterocycles.